The number of benzene rings is 2. The van der Waals surface area contributed by atoms with Crippen LogP contribution < -0.4 is 10.1 Å². The molecule has 0 heterocycles. The summed E-state index contributed by atoms with van der Waals surface area (Å²) >= 11 is 5.99. The third-order valence-electron chi connectivity index (χ3n) is 3.18. The first-order valence-corrected chi connectivity index (χ1v) is 6.78. The minimum atomic E-state index is -0.515. The highest BCUT2D eigenvalue weighted by Gasteiger charge is 2.19. The molecule has 21 heavy (non-hydrogen) atoms. The Bertz CT molecular complexity index is 644. The quantitative estimate of drug-likeness (QED) is 0.660. The summed E-state index contributed by atoms with van der Waals surface area (Å²) in [6, 6.07) is 12.0. The minimum absolute atomic E-state index is 0.0542. The van der Waals surface area contributed by atoms with Crippen LogP contribution in [-0.2, 0) is 0 Å². The van der Waals surface area contributed by atoms with E-state index in [-0.39, 0.29) is 22.5 Å². The van der Waals surface area contributed by atoms with E-state index >= 15 is 0 Å². The first-order valence-electron chi connectivity index (χ1n) is 6.41. The molecule has 0 saturated carbocycles. The van der Waals surface area contributed by atoms with Gasteiger partial charge >= 0.3 is 5.69 Å². The Hall–Kier alpha value is -2.11. The molecular weight excluding hydrogens is 292 g/mol. The topological polar surface area (TPSA) is 64.4 Å². The Balaban J connectivity index is 2.28. The monoisotopic (exact) mass is 306 g/mol. The Morgan fingerprint density at radius 2 is 1.90 bits per heavy atom. The number of nitro benzene ring substituents is 1. The molecule has 0 fully saturated rings. The molecule has 2 aromatic carbocycles. The summed E-state index contributed by atoms with van der Waals surface area (Å²) in [5.41, 5.74) is 0.939. The van der Waals surface area contributed by atoms with E-state index in [0.717, 1.165) is 5.56 Å². The van der Waals surface area contributed by atoms with Gasteiger partial charge in [-0.2, -0.15) is 0 Å². The van der Waals surface area contributed by atoms with Crippen molar-refractivity contribution in [1.29, 1.82) is 0 Å². The van der Waals surface area contributed by atoms with Crippen LogP contribution in [0.15, 0.2) is 42.5 Å². The number of nitrogens with one attached hydrogen (secondary N) is 1. The van der Waals surface area contributed by atoms with E-state index in [1.165, 1.54) is 12.1 Å². The molecule has 2 aromatic rings. The Morgan fingerprint density at radius 3 is 2.48 bits per heavy atom. The highest BCUT2D eigenvalue weighted by Crippen LogP contribution is 2.37. The van der Waals surface area contributed by atoms with Crippen molar-refractivity contribution < 1.29 is 9.66 Å². The van der Waals surface area contributed by atoms with Crippen LogP contribution in [0.5, 0.6) is 11.5 Å². The van der Waals surface area contributed by atoms with Crippen LogP contribution in [0, 0.1) is 10.1 Å². The standard InChI is InChI=1S/C15H15ClN2O3/c1-10(17-2)11-6-8-12(9-7-11)21-15-13(16)4-3-5-14(15)18(19)20/h3-10,17H,1-2H3. The molecule has 0 aliphatic heterocycles. The smallest absolute Gasteiger partial charge is 0.313 e. The average molecular weight is 307 g/mol. The Morgan fingerprint density at radius 1 is 1.24 bits per heavy atom. The van der Waals surface area contributed by atoms with Gasteiger partial charge in [-0.05, 0) is 37.7 Å². The van der Waals surface area contributed by atoms with Crippen LogP contribution in [0.1, 0.15) is 18.5 Å². The van der Waals surface area contributed by atoms with Crippen LogP contribution in [-0.4, -0.2) is 12.0 Å². The largest absolute Gasteiger partial charge is 0.449 e. The van der Waals surface area contributed by atoms with Gasteiger partial charge in [0.1, 0.15) is 5.75 Å². The zero-order valence-electron chi connectivity index (χ0n) is 11.7. The predicted molar refractivity (Wildman–Crippen MR) is 82.1 cm³/mol. The fourth-order valence-electron chi connectivity index (χ4n) is 1.85. The zero-order valence-corrected chi connectivity index (χ0v) is 12.4. The molecule has 0 spiro atoms. The number of nitro groups is 1. The van der Waals surface area contributed by atoms with Gasteiger partial charge in [0.15, 0.2) is 0 Å². The van der Waals surface area contributed by atoms with E-state index < -0.39 is 4.92 Å². The number of rotatable bonds is 5. The van der Waals surface area contributed by atoms with E-state index in [1.807, 2.05) is 26.1 Å². The second-order valence-electron chi connectivity index (χ2n) is 4.53. The van der Waals surface area contributed by atoms with Gasteiger partial charge in [-0.1, -0.05) is 29.8 Å². The molecule has 0 bridgehead atoms. The lowest BCUT2D eigenvalue weighted by molar-refractivity contribution is -0.385. The summed E-state index contributed by atoms with van der Waals surface area (Å²) in [4.78, 5) is 10.5. The first-order chi connectivity index (χ1) is 10.0. The van der Waals surface area contributed by atoms with Crippen LogP contribution in [0.25, 0.3) is 0 Å². The van der Waals surface area contributed by atoms with Crippen LogP contribution >= 0.6 is 11.6 Å². The molecule has 1 unspecified atom stereocenters. The van der Waals surface area contributed by atoms with Crippen molar-refractivity contribution >= 4 is 17.3 Å². The fraction of sp³-hybridized carbons (Fsp3) is 0.200. The first kappa shape index (κ1) is 15.3. The van der Waals surface area contributed by atoms with Gasteiger partial charge in [-0.15, -0.1) is 0 Å². The van der Waals surface area contributed by atoms with Gasteiger partial charge < -0.3 is 10.1 Å². The zero-order chi connectivity index (χ0) is 15.4. The molecule has 0 aliphatic carbocycles. The van der Waals surface area contributed by atoms with Crippen molar-refractivity contribution in [3.8, 4) is 11.5 Å². The number of nitrogens with zero attached hydrogens (tertiary/aromatic N) is 1. The van der Waals surface area contributed by atoms with E-state index in [2.05, 4.69) is 5.32 Å². The van der Waals surface area contributed by atoms with Crippen molar-refractivity contribution in [2.75, 3.05) is 7.05 Å². The van der Waals surface area contributed by atoms with Gasteiger partial charge in [-0.3, -0.25) is 10.1 Å². The number of hydrogen-bond donors (Lipinski definition) is 1. The van der Waals surface area contributed by atoms with E-state index in [9.17, 15) is 10.1 Å². The van der Waals surface area contributed by atoms with Crippen molar-refractivity contribution in [1.82, 2.24) is 5.32 Å². The lowest BCUT2D eigenvalue weighted by Crippen LogP contribution is -2.11. The maximum Gasteiger partial charge on any atom is 0.313 e. The number of halogens is 1. The van der Waals surface area contributed by atoms with Gasteiger partial charge in [0.2, 0.25) is 5.75 Å². The van der Waals surface area contributed by atoms with Crippen LogP contribution in [0.3, 0.4) is 0 Å². The SMILES string of the molecule is CNC(C)c1ccc(Oc2c(Cl)cccc2[N+](=O)[O-])cc1. The highest BCUT2D eigenvalue weighted by molar-refractivity contribution is 6.32. The van der Waals surface area contributed by atoms with Crippen molar-refractivity contribution in [3.05, 3.63) is 63.2 Å². The van der Waals surface area contributed by atoms with E-state index in [0.29, 0.717) is 5.75 Å². The predicted octanol–water partition coefficient (Wildman–Crippen LogP) is 4.32. The maximum absolute atomic E-state index is 11.0. The summed E-state index contributed by atoms with van der Waals surface area (Å²) < 4.78 is 5.58. The third kappa shape index (κ3) is 3.51. The second kappa shape index (κ2) is 6.56. The van der Waals surface area contributed by atoms with Crippen molar-refractivity contribution in [2.45, 2.75) is 13.0 Å². The normalized spacial score (nSPS) is 12.0. The van der Waals surface area contributed by atoms with Gasteiger partial charge in [-0.25, -0.2) is 0 Å². The fourth-order valence-corrected chi connectivity index (χ4v) is 2.06. The average Bonchev–Trinajstić information content (AvgIpc) is 2.49. The molecule has 0 aromatic heterocycles. The second-order valence-corrected chi connectivity index (χ2v) is 4.93. The Kier molecular flexibility index (Phi) is 4.77. The molecule has 110 valence electrons. The molecule has 6 heteroatoms. The van der Waals surface area contributed by atoms with E-state index in [4.69, 9.17) is 16.3 Å². The molecule has 0 saturated heterocycles. The maximum atomic E-state index is 11.0. The Labute approximate surface area is 127 Å². The van der Waals surface area contributed by atoms with Crippen molar-refractivity contribution in [3.63, 3.8) is 0 Å². The molecule has 0 aliphatic rings. The molecule has 0 radical (unpaired) electrons. The summed E-state index contributed by atoms with van der Waals surface area (Å²) in [5.74, 6) is 0.553. The summed E-state index contributed by atoms with van der Waals surface area (Å²) in [7, 11) is 1.88. The van der Waals surface area contributed by atoms with Gasteiger partial charge in [0.05, 0.1) is 9.95 Å². The van der Waals surface area contributed by atoms with Gasteiger partial charge in [0.25, 0.3) is 0 Å². The summed E-state index contributed by atoms with van der Waals surface area (Å²) in [5, 5.41) is 14.3. The lowest BCUT2D eigenvalue weighted by Gasteiger charge is -2.12. The molecular formula is C15H15ClN2O3. The summed E-state index contributed by atoms with van der Waals surface area (Å²) in [6.45, 7) is 2.04. The highest BCUT2D eigenvalue weighted by atomic mass is 35.5. The van der Waals surface area contributed by atoms with E-state index in [1.54, 1.807) is 18.2 Å². The lowest BCUT2D eigenvalue weighted by atomic mass is 10.1. The van der Waals surface area contributed by atoms with Gasteiger partial charge in [0, 0.05) is 12.1 Å². The molecule has 5 nitrogen and oxygen atoms in total. The van der Waals surface area contributed by atoms with Crippen LogP contribution in [0.2, 0.25) is 5.02 Å². The third-order valence-corrected chi connectivity index (χ3v) is 3.47. The number of hydrogen-bond acceptors (Lipinski definition) is 4. The number of para-hydroxylation sites is 1. The van der Waals surface area contributed by atoms with Crippen LogP contribution in [0.4, 0.5) is 5.69 Å². The number of ether oxygens (including phenoxy) is 1. The molecule has 2 rings (SSSR count). The minimum Gasteiger partial charge on any atom is -0.449 e. The van der Waals surface area contributed by atoms with Crippen molar-refractivity contribution in [2.24, 2.45) is 0 Å². The molecule has 0 amide bonds. The molecule has 1 atom stereocenters. The summed E-state index contributed by atoms with van der Waals surface area (Å²) in [6.07, 6.45) is 0. The molecule has 1 N–H and O–H groups in total.